The molecule has 25 heavy (non-hydrogen) atoms. The quantitative estimate of drug-likeness (QED) is 0.813. The van der Waals surface area contributed by atoms with Crippen LogP contribution < -0.4 is 10.0 Å². The van der Waals surface area contributed by atoms with Crippen LogP contribution in [0.4, 0.5) is 0 Å². The van der Waals surface area contributed by atoms with Crippen molar-refractivity contribution in [3.05, 3.63) is 60.2 Å². The first-order valence-electron chi connectivity index (χ1n) is 8.12. The van der Waals surface area contributed by atoms with E-state index in [1.807, 2.05) is 18.2 Å². The SMILES string of the molecule is O=C(CCNS(=O)(=O)c1ccccc1)NC1CCSc2ccccc21. The van der Waals surface area contributed by atoms with E-state index in [4.69, 9.17) is 0 Å². The predicted octanol–water partition coefficient (Wildman–Crippen LogP) is 2.71. The van der Waals surface area contributed by atoms with E-state index >= 15 is 0 Å². The summed E-state index contributed by atoms with van der Waals surface area (Å²) in [5.74, 6) is 0.810. The van der Waals surface area contributed by atoms with Crippen LogP contribution >= 0.6 is 11.8 Å². The van der Waals surface area contributed by atoms with E-state index < -0.39 is 10.0 Å². The largest absolute Gasteiger partial charge is 0.349 e. The van der Waals surface area contributed by atoms with Crippen molar-refractivity contribution in [3.63, 3.8) is 0 Å². The second-order valence-electron chi connectivity index (χ2n) is 5.76. The third-order valence-corrected chi connectivity index (χ3v) is 6.59. The fraction of sp³-hybridized carbons (Fsp3) is 0.278. The van der Waals surface area contributed by atoms with Gasteiger partial charge in [-0.3, -0.25) is 4.79 Å². The standard InChI is InChI=1S/C18H20N2O3S2/c21-18(10-12-19-25(22,23)14-6-2-1-3-7-14)20-16-11-13-24-17-9-5-4-8-15(16)17/h1-9,16,19H,10-13H2,(H,20,21). The molecule has 0 bridgehead atoms. The Balaban J connectivity index is 1.53. The molecule has 132 valence electrons. The van der Waals surface area contributed by atoms with E-state index in [2.05, 4.69) is 16.1 Å². The van der Waals surface area contributed by atoms with Crippen LogP contribution in [0.2, 0.25) is 0 Å². The van der Waals surface area contributed by atoms with Crippen LogP contribution in [-0.4, -0.2) is 26.6 Å². The van der Waals surface area contributed by atoms with Crippen LogP contribution in [0.5, 0.6) is 0 Å². The highest BCUT2D eigenvalue weighted by atomic mass is 32.2. The van der Waals surface area contributed by atoms with Gasteiger partial charge in [0, 0.05) is 23.6 Å². The Bertz CT molecular complexity index is 838. The van der Waals surface area contributed by atoms with E-state index in [0.29, 0.717) is 0 Å². The van der Waals surface area contributed by atoms with Gasteiger partial charge in [0.2, 0.25) is 15.9 Å². The molecule has 0 spiro atoms. The molecule has 0 saturated heterocycles. The van der Waals surface area contributed by atoms with Crippen molar-refractivity contribution in [3.8, 4) is 0 Å². The zero-order valence-electron chi connectivity index (χ0n) is 13.6. The smallest absolute Gasteiger partial charge is 0.240 e. The van der Waals surface area contributed by atoms with Crippen molar-refractivity contribution in [1.29, 1.82) is 0 Å². The normalized spacial score (nSPS) is 16.9. The number of benzene rings is 2. The molecule has 2 aromatic carbocycles. The number of hydrogen-bond acceptors (Lipinski definition) is 4. The molecule has 0 saturated carbocycles. The van der Waals surface area contributed by atoms with Gasteiger partial charge in [-0.1, -0.05) is 36.4 Å². The monoisotopic (exact) mass is 376 g/mol. The summed E-state index contributed by atoms with van der Waals surface area (Å²) in [7, 11) is -3.57. The second-order valence-corrected chi connectivity index (χ2v) is 8.66. The average Bonchev–Trinajstić information content (AvgIpc) is 2.63. The summed E-state index contributed by atoms with van der Waals surface area (Å²) in [4.78, 5) is 13.6. The number of sulfonamides is 1. The van der Waals surface area contributed by atoms with Gasteiger partial charge in [-0.05, 0) is 30.2 Å². The number of thioether (sulfide) groups is 1. The number of hydrogen-bond donors (Lipinski definition) is 2. The first-order chi connectivity index (χ1) is 12.1. The lowest BCUT2D eigenvalue weighted by Crippen LogP contribution is -2.34. The van der Waals surface area contributed by atoms with Crippen molar-refractivity contribution in [1.82, 2.24) is 10.0 Å². The Labute approximate surface area is 152 Å². The van der Waals surface area contributed by atoms with E-state index in [1.165, 1.54) is 17.0 Å². The average molecular weight is 377 g/mol. The third-order valence-electron chi connectivity index (χ3n) is 3.99. The molecule has 0 aromatic heterocycles. The van der Waals surface area contributed by atoms with Gasteiger partial charge < -0.3 is 5.32 Å². The number of carbonyl (C=O) groups is 1. The van der Waals surface area contributed by atoms with E-state index in [9.17, 15) is 13.2 Å². The van der Waals surface area contributed by atoms with Crippen LogP contribution in [0.25, 0.3) is 0 Å². The van der Waals surface area contributed by atoms with Crippen LogP contribution in [0.3, 0.4) is 0 Å². The minimum Gasteiger partial charge on any atom is -0.349 e. The van der Waals surface area contributed by atoms with Gasteiger partial charge in [-0.15, -0.1) is 11.8 Å². The van der Waals surface area contributed by atoms with Crippen LogP contribution in [0.15, 0.2) is 64.4 Å². The van der Waals surface area contributed by atoms with Crippen LogP contribution in [-0.2, 0) is 14.8 Å². The summed E-state index contributed by atoms with van der Waals surface area (Å²) in [6.45, 7) is 0.0756. The van der Waals surface area contributed by atoms with Crippen LogP contribution in [0, 0.1) is 0 Å². The maximum atomic E-state index is 12.2. The van der Waals surface area contributed by atoms with Gasteiger partial charge in [0.15, 0.2) is 0 Å². The molecule has 1 aliphatic rings. The fourth-order valence-corrected chi connectivity index (χ4v) is 4.92. The fourth-order valence-electron chi connectivity index (χ4n) is 2.74. The highest BCUT2D eigenvalue weighted by Gasteiger charge is 2.22. The lowest BCUT2D eigenvalue weighted by atomic mass is 10.0. The second kappa shape index (κ2) is 8.03. The Morgan fingerprint density at radius 2 is 1.80 bits per heavy atom. The molecular weight excluding hydrogens is 356 g/mol. The maximum absolute atomic E-state index is 12.2. The number of nitrogens with one attached hydrogen (secondary N) is 2. The summed E-state index contributed by atoms with van der Waals surface area (Å²) in [5.41, 5.74) is 1.14. The van der Waals surface area contributed by atoms with E-state index in [-0.39, 0.29) is 29.8 Å². The highest BCUT2D eigenvalue weighted by molar-refractivity contribution is 7.99. The van der Waals surface area contributed by atoms with Crippen molar-refractivity contribution in [2.24, 2.45) is 0 Å². The molecule has 5 nitrogen and oxygen atoms in total. The Morgan fingerprint density at radius 3 is 2.60 bits per heavy atom. The van der Waals surface area contributed by atoms with Gasteiger partial charge in [-0.2, -0.15) is 0 Å². The molecule has 2 N–H and O–H groups in total. The first kappa shape index (κ1) is 18.0. The minimum atomic E-state index is -3.57. The first-order valence-corrected chi connectivity index (χ1v) is 10.6. The zero-order valence-corrected chi connectivity index (χ0v) is 15.3. The number of carbonyl (C=O) groups excluding carboxylic acids is 1. The molecular formula is C18H20N2O3S2. The molecule has 3 rings (SSSR count). The molecule has 0 radical (unpaired) electrons. The number of fused-ring (bicyclic) bond motifs is 1. The molecule has 0 fully saturated rings. The molecule has 1 atom stereocenters. The molecule has 1 unspecified atom stereocenters. The molecule has 0 aliphatic carbocycles. The van der Waals surface area contributed by atoms with Gasteiger partial charge >= 0.3 is 0 Å². The summed E-state index contributed by atoms with van der Waals surface area (Å²) in [5, 5.41) is 3.01. The molecule has 1 amide bonds. The van der Waals surface area contributed by atoms with E-state index in [1.54, 1.807) is 30.0 Å². The maximum Gasteiger partial charge on any atom is 0.240 e. The summed E-state index contributed by atoms with van der Waals surface area (Å²) >= 11 is 1.80. The van der Waals surface area contributed by atoms with Crippen molar-refractivity contribution >= 4 is 27.7 Å². The van der Waals surface area contributed by atoms with Crippen molar-refractivity contribution in [2.45, 2.75) is 28.7 Å². The van der Waals surface area contributed by atoms with Gasteiger partial charge in [-0.25, -0.2) is 13.1 Å². The minimum absolute atomic E-state index is 0.00400. The zero-order chi connectivity index (χ0) is 17.7. The molecule has 1 heterocycles. The molecule has 1 aliphatic heterocycles. The number of rotatable bonds is 6. The Morgan fingerprint density at radius 1 is 1.08 bits per heavy atom. The van der Waals surface area contributed by atoms with Crippen molar-refractivity contribution < 1.29 is 13.2 Å². The number of amides is 1. The predicted molar refractivity (Wildman–Crippen MR) is 98.9 cm³/mol. The summed E-state index contributed by atoms with van der Waals surface area (Å²) < 4.78 is 26.7. The lowest BCUT2D eigenvalue weighted by molar-refractivity contribution is -0.121. The van der Waals surface area contributed by atoms with Gasteiger partial charge in [0.25, 0.3) is 0 Å². The third kappa shape index (κ3) is 4.62. The van der Waals surface area contributed by atoms with Gasteiger partial charge in [0.05, 0.1) is 10.9 Å². The lowest BCUT2D eigenvalue weighted by Gasteiger charge is -2.25. The summed E-state index contributed by atoms with van der Waals surface area (Å²) in [6.07, 6.45) is 0.987. The molecule has 2 aromatic rings. The summed E-state index contributed by atoms with van der Waals surface area (Å²) in [6, 6.07) is 16.2. The van der Waals surface area contributed by atoms with E-state index in [0.717, 1.165) is 17.7 Å². The van der Waals surface area contributed by atoms with Gasteiger partial charge in [0.1, 0.15) is 0 Å². The Hall–Kier alpha value is -1.83. The van der Waals surface area contributed by atoms with Crippen molar-refractivity contribution in [2.75, 3.05) is 12.3 Å². The van der Waals surface area contributed by atoms with Crippen LogP contribution in [0.1, 0.15) is 24.4 Å². The topological polar surface area (TPSA) is 75.3 Å². The molecule has 7 heteroatoms. The highest BCUT2D eigenvalue weighted by Crippen LogP contribution is 2.35. The Kier molecular flexibility index (Phi) is 5.78.